The Balaban J connectivity index is 0. The Labute approximate surface area is 178 Å². The van der Waals surface area contributed by atoms with Crippen LogP contribution in [-0.2, 0) is 20.2 Å². The summed E-state index contributed by atoms with van der Waals surface area (Å²) < 4.78 is 62.3. The maximum atomic E-state index is 10.4. The third-order valence-electron chi connectivity index (χ3n) is 2.49. The number of rotatable bonds is 2. The van der Waals surface area contributed by atoms with E-state index in [1.165, 1.54) is 0 Å². The van der Waals surface area contributed by atoms with Crippen LogP contribution < -0.4 is 0 Å². The Bertz CT molecular complexity index is 876. The summed E-state index contributed by atoms with van der Waals surface area (Å²) in [5.74, 6) is -3.08. The number of phenolic OH excluding ortho intramolecular Hbond substituents is 4. The second kappa shape index (κ2) is 10.1. The maximum Gasteiger partial charge on any atom is 2.00 e. The first kappa shape index (κ1) is 26.9. The zero-order chi connectivity index (χ0) is 18.7. The summed E-state index contributed by atoms with van der Waals surface area (Å²) in [6, 6.07) is 6.28. The standard InChI is InChI=1S/2C6H6O5S.Ca.H2O/c2*7-4-2-1-3-5(6(4)8)12(9,10)11;;/h2*1-3,7-8H,(H,9,10,11);;1H2/q;;+2;/p-2. The van der Waals surface area contributed by atoms with Crippen molar-refractivity contribution in [2.45, 2.75) is 9.79 Å². The smallest absolute Gasteiger partial charge is 0.744 e. The van der Waals surface area contributed by atoms with Gasteiger partial charge in [0.25, 0.3) is 0 Å². The van der Waals surface area contributed by atoms with Crippen molar-refractivity contribution in [2.75, 3.05) is 0 Å². The van der Waals surface area contributed by atoms with Crippen molar-refractivity contribution in [1.29, 1.82) is 0 Å². The van der Waals surface area contributed by atoms with Crippen molar-refractivity contribution in [1.82, 2.24) is 0 Å². The summed E-state index contributed by atoms with van der Waals surface area (Å²) in [5, 5.41) is 35.4. The topological polar surface area (TPSA) is 227 Å². The van der Waals surface area contributed by atoms with Gasteiger partial charge in [-0.05, 0) is 24.3 Å². The summed E-state index contributed by atoms with van der Waals surface area (Å²) >= 11 is 0. The molecule has 0 bridgehead atoms. The van der Waals surface area contributed by atoms with Crippen molar-refractivity contribution in [3.8, 4) is 23.0 Å². The average molecular weight is 436 g/mol. The van der Waals surface area contributed by atoms with Gasteiger partial charge in [0.1, 0.15) is 20.2 Å². The summed E-state index contributed by atoms with van der Waals surface area (Å²) in [6.07, 6.45) is 0. The molecular weight excluding hydrogens is 424 g/mol. The predicted octanol–water partition coefficient (Wildman–Crippen LogP) is -1.20. The number of benzene rings is 2. The average Bonchev–Trinajstić information content (AvgIpc) is 2.43. The van der Waals surface area contributed by atoms with Crippen LogP contribution in [0.5, 0.6) is 23.0 Å². The van der Waals surface area contributed by atoms with Gasteiger partial charge in [-0.15, -0.1) is 0 Å². The van der Waals surface area contributed by atoms with E-state index >= 15 is 0 Å². The van der Waals surface area contributed by atoms with Gasteiger partial charge < -0.3 is 35.0 Å². The molecule has 140 valence electrons. The molecule has 6 N–H and O–H groups in total. The molecule has 0 unspecified atom stereocenters. The van der Waals surface area contributed by atoms with Gasteiger partial charge in [-0.25, -0.2) is 16.8 Å². The van der Waals surface area contributed by atoms with Crippen LogP contribution >= 0.6 is 0 Å². The van der Waals surface area contributed by atoms with Gasteiger partial charge in [0.15, 0.2) is 23.0 Å². The van der Waals surface area contributed by atoms with Crippen LogP contribution in [0.3, 0.4) is 0 Å². The minimum atomic E-state index is -4.72. The van der Waals surface area contributed by atoms with Gasteiger partial charge in [-0.1, -0.05) is 12.1 Å². The first-order valence-electron chi connectivity index (χ1n) is 5.79. The Morgan fingerprint density at radius 3 is 1.12 bits per heavy atom. The summed E-state index contributed by atoms with van der Waals surface area (Å²) in [5.41, 5.74) is 0. The maximum absolute atomic E-state index is 10.4. The van der Waals surface area contributed by atoms with E-state index in [1.807, 2.05) is 0 Å². The van der Waals surface area contributed by atoms with Crippen molar-refractivity contribution in [2.24, 2.45) is 0 Å². The summed E-state index contributed by atoms with van der Waals surface area (Å²) in [4.78, 5) is -1.63. The van der Waals surface area contributed by atoms with E-state index in [1.54, 1.807) is 0 Å². The minimum absolute atomic E-state index is 0. The molecule has 2 aromatic rings. The van der Waals surface area contributed by atoms with Crippen molar-refractivity contribution in [3.05, 3.63) is 36.4 Å². The van der Waals surface area contributed by atoms with E-state index in [0.717, 1.165) is 36.4 Å². The van der Waals surface area contributed by atoms with Crippen LogP contribution in [0.15, 0.2) is 46.2 Å². The van der Waals surface area contributed by atoms with Gasteiger partial charge in [0.05, 0.1) is 9.79 Å². The third-order valence-corrected chi connectivity index (χ3v) is 4.23. The minimum Gasteiger partial charge on any atom is -0.744 e. The molecule has 11 nitrogen and oxygen atoms in total. The molecule has 26 heavy (non-hydrogen) atoms. The fourth-order valence-corrected chi connectivity index (χ4v) is 2.60. The van der Waals surface area contributed by atoms with Gasteiger partial charge in [0.2, 0.25) is 0 Å². The van der Waals surface area contributed by atoms with Gasteiger partial charge in [0, 0.05) is 0 Å². The molecule has 0 aliphatic rings. The molecule has 2 aromatic carbocycles. The zero-order valence-corrected chi connectivity index (χ0v) is 16.6. The number of phenols is 4. The first-order valence-corrected chi connectivity index (χ1v) is 8.61. The molecule has 0 amide bonds. The summed E-state index contributed by atoms with van der Waals surface area (Å²) in [6.45, 7) is 0. The molecule has 14 heteroatoms. The molecule has 0 saturated heterocycles. The Morgan fingerprint density at radius 2 is 0.923 bits per heavy atom. The van der Waals surface area contributed by atoms with Crippen molar-refractivity contribution < 1.29 is 51.8 Å². The molecular formula is C12H12CaO11S2. The molecule has 0 spiro atoms. The van der Waals surface area contributed by atoms with Crippen LogP contribution in [0.4, 0.5) is 0 Å². The van der Waals surface area contributed by atoms with E-state index in [0.29, 0.717) is 0 Å². The quantitative estimate of drug-likeness (QED) is 0.249. The molecule has 0 aliphatic heterocycles. The fraction of sp³-hybridized carbons (Fsp3) is 0. The summed E-state index contributed by atoms with van der Waals surface area (Å²) in [7, 11) is -9.43. The number of hydrogen-bond donors (Lipinski definition) is 4. The van der Waals surface area contributed by atoms with Crippen LogP contribution in [0.2, 0.25) is 0 Å². The molecule has 0 radical (unpaired) electrons. The Morgan fingerprint density at radius 1 is 0.654 bits per heavy atom. The Kier molecular flexibility index (Phi) is 10.5. The van der Waals surface area contributed by atoms with Gasteiger partial charge >= 0.3 is 37.7 Å². The fourth-order valence-electron chi connectivity index (χ4n) is 1.42. The van der Waals surface area contributed by atoms with E-state index < -0.39 is 53.0 Å². The van der Waals surface area contributed by atoms with Crippen molar-refractivity contribution >= 4 is 58.0 Å². The molecule has 0 aliphatic carbocycles. The largest absolute Gasteiger partial charge is 2.00 e. The SMILES string of the molecule is O.O=S(=O)([O-])c1cccc(O)c1O.O=S(=O)([O-])c1cccc(O)c1O.[Ca+2]. The van der Waals surface area contributed by atoms with Crippen LogP contribution in [-0.4, -0.2) is 89.6 Å². The third kappa shape index (κ3) is 7.12. The monoisotopic (exact) mass is 436 g/mol. The number of para-hydroxylation sites is 2. The molecule has 2 rings (SSSR count). The molecule has 0 saturated carbocycles. The number of hydrogen-bond acceptors (Lipinski definition) is 10. The predicted molar refractivity (Wildman–Crippen MR) is 84.8 cm³/mol. The molecule has 0 fully saturated rings. The van der Waals surface area contributed by atoms with Gasteiger partial charge in [-0.2, -0.15) is 0 Å². The zero-order valence-electron chi connectivity index (χ0n) is 12.7. The number of aromatic hydroxyl groups is 4. The van der Waals surface area contributed by atoms with Crippen LogP contribution in [0, 0.1) is 0 Å². The second-order valence-electron chi connectivity index (χ2n) is 4.16. The first-order chi connectivity index (χ1) is 10.9. The second-order valence-corrected chi connectivity index (χ2v) is 6.85. The molecule has 0 aromatic heterocycles. The van der Waals surface area contributed by atoms with E-state index in [9.17, 15) is 25.9 Å². The van der Waals surface area contributed by atoms with E-state index in [4.69, 9.17) is 20.4 Å². The normalized spacial score (nSPS) is 10.5. The van der Waals surface area contributed by atoms with Crippen LogP contribution in [0.25, 0.3) is 0 Å². The Hall–Kier alpha value is -1.32. The van der Waals surface area contributed by atoms with Gasteiger partial charge in [-0.3, -0.25) is 0 Å². The molecule has 0 atom stereocenters. The van der Waals surface area contributed by atoms with E-state index in [2.05, 4.69) is 0 Å². The van der Waals surface area contributed by atoms with Crippen molar-refractivity contribution in [3.63, 3.8) is 0 Å². The van der Waals surface area contributed by atoms with Crippen LogP contribution in [0.1, 0.15) is 0 Å². The van der Waals surface area contributed by atoms with E-state index in [-0.39, 0.29) is 43.2 Å². The molecule has 0 heterocycles.